The largest absolute Gasteiger partial charge is 0.497 e. The first kappa shape index (κ1) is 25.8. The number of ether oxygens (including phenoxy) is 3. The molecule has 1 amide bonds. The van der Waals surface area contributed by atoms with E-state index in [1.807, 2.05) is 35.8 Å². The van der Waals surface area contributed by atoms with Gasteiger partial charge in [-0.1, -0.05) is 23.9 Å². The van der Waals surface area contributed by atoms with E-state index in [0.29, 0.717) is 18.1 Å². The molecular formula is C24H26N4O6S. The van der Waals surface area contributed by atoms with Gasteiger partial charge >= 0.3 is 11.9 Å². The second-order valence-corrected chi connectivity index (χ2v) is 8.23. The van der Waals surface area contributed by atoms with Crippen LogP contribution in [0.2, 0.25) is 0 Å². The van der Waals surface area contributed by atoms with E-state index in [1.165, 1.54) is 44.2 Å². The van der Waals surface area contributed by atoms with Gasteiger partial charge in [0.25, 0.3) is 0 Å². The summed E-state index contributed by atoms with van der Waals surface area (Å²) < 4.78 is 16.6. The fourth-order valence-corrected chi connectivity index (χ4v) is 4.12. The van der Waals surface area contributed by atoms with Gasteiger partial charge in [0.2, 0.25) is 5.91 Å². The molecule has 35 heavy (non-hydrogen) atoms. The molecule has 0 saturated heterocycles. The Bertz CT molecular complexity index is 1170. The van der Waals surface area contributed by atoms with E-state index in [9.17, 15) is 14.4 Å². The summed E-state index contributed by atoms with van der Waals surface area (Å²) in [5.74, 6) is 0.00614. The van der Waals surface area contributed by atoms with Crippen LogP contribution in [0, 0.1) is 0 Å². The second-order valence-electron chi connectivity index (χ2n) is 7.29. The molecule has 0 fully saturated rings. The van der Waals surface area contributed by atoms with E-state index in [1.54, 1.807) is 7.11 Å². The van der Waals surface area contributed by atoms with Crippen molar-refractivity contribution in [2.75, 3.05) is 32.4 Å². The third-order valence-electron chi connectivity index (χ3n) is 5.02. The summed E-state index contributed by atoms with van der Waals surface area (Å²) >= 11 is 1.24. The predicted molar refractivity (Wildman–Crippen MR) is 130 cm³/mol. The lowest BCUT2D eigenvalue weighted by Gasteiger charge is -2.10. The van der Waals surface area contributed by atoms with Gasteiger partial charge in [-0.2, -0.15) is 0 Å². The topological polar surface area (TPSA) is 122 Å². The fourth-order valence-electron chi connectivity index (χ4n) is 3.30. The standard InChI is InChI=1S/C24H26N4O6S/c1-5-28-20(10-15-6-8-19(32-2)9-7-15)26-27-24(28)35-14-21(29)25-18-12-16(22(30)33-3)11-17(13-18)23(31)34-4/h6-9,11-13H,5,10,14H2,1-4H3,(H,25,29). The van der Waals surface area contributed by atoms with E-state index < -0.39 is 11.9 Å². The Labute approximate surface area is 207 Å². The highest BCUT2D eigenvalue weighted by Gasteiger charge is 2.17. The van der Waals surface area contributed by atoms with Crippen molar-refractivity contribution < 1.29 is 28.6 Å². The average molecular weight is 499 g/mol. The first-order valence-corrected chi connectivity index (χ1v) is 11.7. The number of esters is 2. The van der Waals surface area contributed by atoms with Crippen molar-refractivity contribution in [2.45, 2.75) is 25.0 Å². The molecule has 1 heterocycles. The summed E-state index contributed by atoms with van der Waals surface area (Å²) in [5, 5.41) is 11.9. The normalized spacial score (nSPS) is 10.5. The number of carbonyl (C=O) groups is 3. The van der Waals surface area contributed by atoms with Crippen LogP contribution in [0.5, 0.6) is 5.75 Å². The Kier molecular flexibility index (Phi) is 8.85. The smallest absolute Gasteiger partial charge is 0.337 e. The van der Waals surface area contributed by atoms with Gasteiger partial charge in [-0.3, -0.25) is 4.79 Å². The van der Waals surface area contributed by atoms with Crippen molar-refractivity contribution in [3.8, 4) is 5.75 Å². The average Bonchev–Trinajstić information content (AvgIpc) is 3.27. The zero-order chi connectivity index (χ0) is 25.4. The quantitative estimate of drug-likeness (QED) is 0.332. The minimum Gasteiger partial charge on any atom is -0.497 e. The van der Waals surface area contributed by atoms with E-state index in [0.717, 1.165) is 17.1 Å². The molecule has 0 radical (unpaired) electrons. The van der Waals surface area contributed by atoms with Crippen molar-refractivity contribution in [1.29, 1.82) is 0 Å². The molecule has 0 bridgehead atoms. The molecule has 3 aromatic rings. The number of aromatic nitrogens is 3. The zero-order valence-electron chi connectivity index (χ0n) is 19.9. The summed E-state index contributed by atoms with van der Waals surface area (Å²) in [7, 11) is 4.08. The molecule has 1 aromatic heterocycles. The third-order valence-corrected chi connectivity index (χ3v) is 5.99. The van der Waals surface area contributed by atoms with Crippen LogP contribution in [-0.4, -0.2) is 59.7 Å². The number of benzene rings is 2. The number of hydrogen-bond donors (Lipinski definition) is 1. The number of nitrogens with zero attached hydrogens (tertiary/aromatic N) is 3. The summed E-state index contributed by atoms with van der Waals surface area (Å²) in [6.45, 7) is 2.63. The summed E-state index contributed by atoms with van der Waals surface area (Å²) in [6, 6.07) is 11.9. The monoisotopic (exact) mass is 498 g/mol. The number of methoxy groups -OCH3 is 3. The summed E-state index contributed by atoms with van der Waals surface area (Å²) in [5.41, 5.74) is 1.57. The minimum absolute atomic E-state index is 0.0523. The van der Waals surface area contributed by atoms with Crippen molar-refractivity contribution >= 4 is 35.3 Å². The van der Waals surface area contributed by atoms with Gasteiger partial charge in [0.05, 0.1) is 38.2 Å². The van der Waals surface area contributed by atoms with E-state index in [4.69, 9.17) is 14.2 Å². The molecule has 2 aromatic carbocycles. The minimum atomic E-state index is -0.638. The molecule has 1 N–H and O–H groups in total. The van der Waals surface area contributed by atoms with Gasteiger partial charge in [0.15, 0.2) is 5.16 Å². The van der Waals surface area contributed by atoms with Crippen LogP contribution in [-0.2, 0) is 27.2 Å². The molecule has 0 aliphatic rings. The highest BCUT2D eigenvalue weighted by Crippen LogP contribution is 2.21. The second kappa shape index (κ2) is 12.0. The first-order chi connectivity index (χ1) is 16.9. The fraction of sp³-hybridized carbons (Fsp3) is 0.292. The molecular weight excluding hydrogens is 472 g/mol. The Hall–Kier alpha value is -3.86. The molecule has 0 unspecified atom stereocenters. The Morgan fingerprint density at radius 1 is 0.943 bits per heavy atom. The number of amides is 1. The van der Waals surface area contributed by atoms with Crippen LogP contribution in [0.4, 0.5) is 5.69 Å². The molecule has 0 atom stereocenters. The lowest BCUT2D eigenvalue weighted by molar-refractivity contribution is -0.113. The number of carbonyl (C=O) groups excluding carboxylic acids is 3. The number of nitrogens with one attached hydrogen (secondary N) is 1. The molecule has 0 saturated carbocycles. The summed E-state index contributed by atoms with van der Waals surface area (Å²) in [4.78, 5) is 36.5. The van der Waals surface area contributed by atoms with Crippen LogP contribution < -0.4 is 10.1 Å². The zero-order valence-corrected chi connectivity index (χ0v) is 20.7. The van der Waals surface area contributed by atoms with Gasteiger partial charge in [-0.25, -0.2) is 9.59 Å². The van der Waals surface area contributed by atoms with E-state index in [-0.39, 0.29) is 28.5 Å². The van der Waals surface area contributed by atoms with Gasteiger partial charge in [0, 0.05) is 18.7 Å². The maximum atomic E-state index is 12.6. The lowest BCUT2D eigenvalue weighted by Crippen LogP contribution is -2.16. The van der Waals surface area contributed by atoms with Crippen molar-refractivity contribution in [1.82, 2.24) is 14.8 Å². The molecule has 3 rings (SSSR count). The predicted octanol–water partition coefficient (Wildman–Crippen LogP) is 3.20. The lowest BCUT2D eigenvalue weighted by atomic mass is 10.1. The Balaban J connectivity index is 1.68. The van der Waals surface area contributed by atoms with Crippen LogP contribution in [0.1, 0.15) is 39.0 Å². The van der Waals surface area contributed by atoms with Crippen LogP contribution in [0.25, 0.3) is 0 Å². The molecule has 0 aliphatic heterocycles. The van der Waals surface area contributed by atoms with Crippen molar-refractivity contribution in [3.63, 3.8) is 0 Å². The highest BCUT2D eigenvalue weighted by atomic mass is 32.2. The van der Waals surface area contributed by atoms with Crippen molar-refractivity contribution in [3.05, 3.63) is 65.0 Å². The SMILES string of the molecule is CCn1c(Cc2ccc(OC)cc2)nnc1SCC(=O)Nc1cc(C(=O)OC)cc(C(=O)OC)c1. The molecule has 184 valence electrons. The van der Waals surface area contributed by atoms with E-state index in [2.05, 4.69) is 15.5 Å². The van der Waals surface area contributed by atoms with Crippen LogP contribution >= 0.6 is 11.8 Å². The van der Waals surface area contributed by atoms with Gasteiger partial charge in [0.1, 0.15) is 11.6 Å². The highest BCUT2D eigenvalue weighted by molar-refractivity contribution is 7.99. The van der Waals surface area contributed by atoms with Crippen LogP contribution in [0.3, 0.4) is 0 Å². The van der Waals surface area contributed by atoms with Crippen molar-refractivity contribution in [2.24, 2.45) is 0 Å². The maximum Gasteiger partial charge on any atom is 0.337 e. The number of hydrogen-bond acceptors (Lipinski definition) is 9. The molecule has 11 heteroatoms. The number of anilines is 1. The van der Waals surface area contributed by atoms with Gasteiger partial charge in [-0.05, 0) is 42.8 Å². The summed E-state index contributed by atoms with van der Waals surface area (Å²) in [6.07, 6.45) is 0.591. The maximum absolute atomic E-state index is 12.6. The van der Waals surface area contributed by atoms with Crippen LogP contribution in [0.15, 0.2) is 47.6 Å². The Morgan fingerprint density at radius 3 is 2.11 bits per heavy atom. The van der Waals surface area contributed by atoms with Gasteiger partial charge < -0.3 is 24.1 Å². The van der Waals surface area contributed by atoms with E-state index >= 15 is 0 Å². The first-order valence-electron chi connectivity index (χ1n) is 10.7. The molecule has 0 aliphatic carbocycles. The molecule has 10 nitrogen and oxygen atoms in total. The number of rotatable bonds is 10. The third kappa shape index (κ3) is 6.60. The van der Waals surface area contributed by atoms with Gasteiger partial charge in [-0.15, -0.1) is 10.2 Å². The number of thioether (sulfide) groups is 1. The Morgan fingerprint density at radius 2 is 1.57 bits per heavy atom. The molecule has 0 spiro atoms.